The van der Waals surface area contributed by atoms with Gasteiger partial charge in [-0.25, -0.2) is 9.78 Å². The Morgan fingerprint density at radius 3 is 2.37 bits per heavy atom. The van der Waals surface area contributed by atoms with E-state index in [0.717, 1.165) is 4.70 Å². The second-order valence-electron chi connectivity index (χ2n) is 6.01. The Hall–Kier alpha value is -2.94. The molecule has 1 fully saturated rings. The molecule has 0 radical (unpaired) electrons. The molecule has 1 N–H and O–H groups in total. The third kappa shape index (κ3) is 2.66. The number of imide groups is 1. The normalized spacial score (nSPS) is 20.3. The zero-order chi connectivity index (χ0) is 19.2. The number of hydrogen-bond acceptors (Lipinski definition) is 4. The number of amides is 3. The molecule has 2 aromatic carbocycles. The number of halogens is 3. The topological polar surface area (TPSA) is 62.3 Å². The molecule has 1 unspecified atom stereocenters. The van der Waals surface area contributed by atoms with Gasteiger partial charge in [0.2, 0.25) is 5.54 Å². The van der Waals surface area contributed by atoms with E-state index in [2.05, 4.69) is 4.98 Å². The van der Waals surface area contributed by atoms with Crippen molar-refractivity contribution in [1.29, 1.82) is 0 Å². The number of aromatic nitrogens is 1. The van der Waals surface area contributed by atoms with Gasteiger partial charge in [-0.05, 0) is 17.7 Å². The number of hydrogen-bond donors (Lipinski definition) is 1. The molecular formula is C18H12F3N3O2S. The number of carbonyl (C=O) groups excluding carboxylic acids is 2. The molecule has 1 aliphatic heterocycles. The molecule has 3 aromatic rings. The van der Waals surface area contributed by atoms with Crippen LogP contribution in [0.25, 0.3) is 10.2 Å². The highest BCUT2D eigenvalue weighted by Gasteiger charge is 2.68. The lowest BCUT2D eigenvalue weighted by atomic mass is 9.89. The largest absolute Gasteiger partial charge is 0.425 e. The van der Waals surface area contributed by atoms with E-state index in [-0.39, 0.29) is 12.1 Å². The smallest absolute Gasteiger partial charge is 0.312 e. The van der Waals surface area contributed by atoms with Crippen LogP contribution < -0.4 is 5.32 Å². The Labute approximate surface area is 155 Å². The molecule has 0 saturated carbocycles. The van der Waals surface area contributed by atoms with Gasteiger partial charge >= 0.3 is 12.2 Å². The molecule has 138 valence electrons. The molecule has 2 heterocycles. The molecule has 9 heteroatoms. The third-order valence-electron chi connectivity index (χ3n) is 4.37. The third-order valence-corrected chi connectivity index (χ3v) is 5.39. The first-order valence-electron chi connectivity index (χ1n) is 7.94. The van der Waals surface area contributed by atoms with Gasteiger partial charge in [0.25, 0.3) is 5.91 Å². The monoisotopic (exact) mass is 391 g/mol. The summed E-state index contributed by atoms with van der Waals surface area (Å²) in [6.45, 7) is -0.325. The lowest BCUT2D eigenvalue weighted by molar-refractivity contribution is -0.198. The summed E-state index contributed by atoms with van der Waals surface area (Å²) in [5.41, 5.74) is -2.76. The lowest BCUT2D eigenvalue weighted by Gasteiger charge is -2.29. The molecule has 4 rings (SSSR count). The van der Waals surface area contributed by atoms with Gasteiger partial charge in [0.05, 0.1) is 16.8 Å². The number of thiazole rings is 1. The molecule has 1 atom stereocenters. The summed E-state index contributed by atoms with van der Waals surface area (Å²) in [7, 11) is 0. The summed E-state index contributed by atoms with van der Waals surface area (Å²) < 4.78 is 42.6. The molecule has 1 aliphatic rings. The van der Waals surface area contributed by atoms with Gasteiger partial charge in [0.1, 0.15) is 5.01 Å². The van der Waals surface area contributed by atoms with Gasteiger partial charge < -0.3 is 5.32 Å². The minimum atomic E-state index is -5.00. The van der Waals surface area contributed by atoms with Crippen LogP contribution in [-0.2, 0) is 16.9 Å². The molecule has 3 amide bonds. The van der Waals surface area contributed by atoms with Gasteiger partial charge in [-0.15, -0.1) is 11.3 Å². The predicted octanol–water partition coefficient (Wildman–Crippen LogP) is 3.81. The standard InChI is InChI=1S/C18H12F3N3O2S/c19-18(20,21)17(11-6-2-1-3-7-11)15(25)24(16(26)23-17)10-14-22-12-8-4-5-9-13(12)27-14/h1-9H,10H2,(H,23,26). The van der Waals surface area contributed by atoms with Crippen molar-refractivity contribution < 1.29 is 22.8 Å². The summed E-state index contributed by atoms with van der Waals surface area (Å²) in [4.78, 5) is 30.0. The summed E-state index contributed by atoms with van der Waals surface area (Å²) in [5.74, 6) is -1.36. The van der Waals surface area contributed by atoms with Crippen LogP contribution in [0.15, 0.2) is 54.6 Å². The Morgan fingerprint density at radius 2 is 1.70 bits per heavy atom. The van der Waals surface area contributed by atoms with Crippen molar-refractivity contribution in [1.82, 2.24) is 15.2 Å². The fourth-order valence-corrected chi connectivity index (χ4v) is 4.04. The first kappa shape index (κ1) is 17.5. The van der Waals surface area contributed by atoms with Crippen molar-refractivity contribution >= 4 is 33.5 Å². The number of alkyl halides is 3. The van der Waals surface area contributed by atoms with Crippen LogP contribution in [-0.4, -0.2) is 28.0 Å². The van der Waals surface area contributed by atoms with Gasteiger partial charge in [-0.1, -0.05) is 42.5 Å². The van der Waals surface area contributed by atoms with Gasteiger partial charge in [0, 0.05) is 0 Å². The zero-order valence-corrected chi connectivity index (χ0v) is 14.5. The van der Waals surface area contributed by atoms with E-state index in [0.29, 0.717) is 15.4 Å². The van der Waals surface area contributed by atoms with Crippen molar-refractivity contribution in [2.45, 2.75) is 18.3 Å². The predicted molar refractivity (Wildman–Crippen MR) is 92.9 cm³/mol. The van der Waals surface area contributed by atoms with Crippen molar-refractivity contribution in [2.24, 2.45) is 0 Å². The quantitative estimate of drug-likeness (QED) is 0.691. The molecule has 5 nitrogen and oxygen atoms in total. The van der Waals surface area contributed by atoms with Gasteiger partial charge in [-0.2, -0.15) is 13.2 Å². The maximum absolute atomic E-state index is 13.9. The van der Waals surface area contributed by atoms with Gasteiger partial charge in [0.15, 0.2) is 0 Å². The minimum absolute atomic E-state index is 0.325. The zero-order valence-electron chi connectivity index (χ0n) is 13.7. The maximum atomic E-state index is 13.9. The molecule has 1 aromatic heterocycles. The van der Waals surface area contributed by atoms with Crippen molar-refractivity contribution in [3.05, 3.63) is 65.2 Å². The maximum Gasteiger partial charge on any atom is 0.425 e. The molecule has 0 spiro atoms. The number of urea groups is 1. The van der Waals surface area contributed by atoms with Gasteiger partial charge in [-0.3, -0.25) is 9.69 Å². The van der Waals surface area contributed by atoms with Crippen LogP contribution in [0.3, 0.4) is 0 Å². The average Bonchev–Trinajstić information content (AvgIpc) is 3.16. The highest BCUT2D eigenvalue weighted by Crippen LogP contribution is 2.43. The van der Waals surface area contributed by atoms with Crippen LogP contribution in [0, 0.1) is 0 Å². The summed E-state index contributed by atoms with van der Waals surface area (Å²) in [6, 6.07) is 12.7. The number of nitrogens with zero attached hydrogens (tertiary/aromatic N) is 2. The highest BCUT2D eigenvalue weighted by molar-refractivity contribution is 7.18. The molecule has 27 heavy (non-hydrogen) atoms. The van der Waals surface area contributed by atoms with Crippen LogP contribution >= 0.6 is 11.3 Å². The Bertz CT molecular complexity index is 1000. The first-order chi connectivity index (χ1) is 12.8. The lowest BCUT2D eigenvalue weighted by Crippen LogP contribution is -2.55. The number of para-hydroxylation sites is 1. The summed E-state index contributed by atoms with van der Waals surface area (Å²) in [6.07, 6.45) is -5.00. The number of carbonyl (C=O) groups is 2. The van der Waals surface area contributed by atoms with Crippen LogP contribution in [0.5, 0.6) is 0 Å². The SMILES string of the molecule is O=C1NC(c2ccccc2)(C(F)(F)F)C(=O)N1Cc1nc2ccccc2s1. The fraction of sp³-hybridized carbons (Fsp3) is 0.167. The van der Waals surface area contributed by atoms with Crippen molar-refractivity contribution in [2.75, 3.05) is 0 Å². The van der Waals surface area contributed by atoms with Crippen LogP contribution in [0.1, 0.15) is 10.6 Å². The van der Waals surface area contributed by atoms with E-state index in [4.69, 9.17) is 0 Å². The summed E-state index contributed by atoms with van der Waals surface area (Å²) >= 11 is 1.23. The van der Waals surface area contributed by atoms with E-state index in [1.54, 1.807) is 12.1 Å². The second kappa shape index (κ2) is 6.05. The molecular weight excluding hydrogens is 379 g/mol. The molecule has 1 saturated heterocycles. The highest BCUT2D eigenvalue weighted by atomic mass is 32.1. The number of benzene rings is 2. The molecule has 0 aliphatic carbocycles. The van der Waals surface area contributed by atoms with E-state index < -0.39 is 23.7 Å². The number of nitrogens with one attached hydrogen (secondary N) is 1. The molecule has 0 bridgehead atoms. The van der Waals surface area contributed by atoms with E-state index in [1.165, 1.54) is 41.7 Å². The van der Waals surface area contributed by atoms with Crippen molar-refractivity contribution in [3.63, 3.8) is 0 Å². The fourth-order valence-electron chi connectivity index (χ4n) is 3.08. The van der Waals surface area contributed by atoms with Crippen LogP contribution in [0.2, 0.25) is 0 Å². The Balaban J connectivity index is 1.73. The first-order valence-corrected chi connectivity index (χ1v) is 8.75. The van der Waals surface area contributed by atoms with Crippen LogP contribution in [0.4, 0.5) is 18.0 Å². The second-order valence-corrected chi connectivity index (χ2v) is 7.13. The van der Waals surface area contributed by atoms with E-state index in [1.807, 2.05) is 17.4 Å². The van der Waals surface area contributed by atoms with E-state index in [9.17, 15) is 22.8 Å². The Kier molecular flexibility index (Phi) is 3.92. The summed E-state index contributed by atoms with van der Waals surface area (Å²) in [5, 5.41) is 2.25. The van der Waals surface area contributed by atoms with E-state index >= 15 is 0 Å². The minimum Gasteiger partial charge on any atom is -0.312 e. The number of rotatable bonds is 3. The average molecular weight is 391 g/mol. The van der Waals surface area contributed by atoms with Crippen molar-refractivity contribution in [3.8, 4) is 0 Å². The number of fused-ring (bicyclic) bond motifs is 1. The Morgan fingerprint density at radius 1 is 1.04 bits per heavy atom.